The zero-order valence-corrected chi connectivity index (χ0v) is 11.3. The van der Waals surface area contributed by atoms with E-state index in [0.717, 1.165) is 25.7 Å². The second-order valence-electron chi connectivity index (χ2n) is 6.30. The SMILES string of the molecule is CC1CC(C#N)(C(=O)N(C)CC2(O)CCCC2)C1. The first-order chi connectivity index (χ1) is 8.41. The molecular formula is C14H22N2O2. The average Bonchev–Trinajstić information content (AvgIpc) is 2.70. The van der Waals surface area contributed by atoms with Gasteiger partial charge in [-0.2, -0.15) is 5.26 Å². The van der Waals surface area contributed by atoms with Crippen molar-refractivity contribution in [3.05, 3.63) is 0 Å². The standard InChI is InChI=1S/C14H22N2O2/c1-11-7-13(8-11,9-15)12(17)16(2)10-14(18)5-3-4-6-14/h11,18H,3-8,10H2,1-2H3. The van der Waals surface area contributed by atoms with Gasteiger partial charge in [0.1, 0.15) is 5.41 Å². The van der Waals surface area contributed by atoms with Gasteiger partial charge in [0.05, 0.1) is 11.7 Å². The van der Waals surface area contributed by atoms with Crippen molar-refractivity contribution in [3.63, 3.8) is 0 Å². The van der Waals surface area contributed by atoms with Crippen molar-refractivity contribution in [2.24, 2.45) is 11.3 Å². The zero-order chi connectivity index (χ0) is 13.4. The van der Waals surface area contributed by atoms with Crippen LogP contribution in [0, 0.1) is 22.7 Å². The van der Waals surface area contributed by atoms with Gasteiger partial charge in [0.2, 0.25) is 5.91 Å². The molecule has 4 heteroatoms. The predicted octanol–water partition coefficient (Wildman–Crippen LogP) is 1.69. The molecule has 0 spiro atoms. The summed E-state index contributed by atoms with van der Waals surface area (Å²) in [5.41, 5.74) is -1.54. The topological polar surface area (TPSA) is 64.3 Å². The van der Waals surface area contributed by atoms with E-state index in [-0.39, 0.29) is 5.91 Å². The second-order valence-corrected chi connectivity index (χ2v) is 6.30. The highest BCUT2D eigenvalue weighted by Crippen LogP contribution is 2.46. The lowest BCUT2D eigenvalue weighted by atomic mass is 9.62. The summed E-state index contributed by atoms with van der Waals surface area (Å²) in [4.78, 5) is 13.9. The molecule has 2 aliphatic carbocycles. The average molecular weight is 250 g/mol. The van der Waals surface area contributed by atoms with E-state index in [4.69, 9.17) is 0 Å². The smallest absolute Gasteiger partial charge is 0.242 e. The molecule has 4 nitrogen and oxygen atoms in total. The lowest BCUT2D eigenvalue weighted by Gasteiger charge is -2.42. The number of likely N-dealkylation sites (N-methyl/N-ethyl adjacent to an activating group) is 1. The molecule has 2 rings (SSSR count). The van der Waals surface area contributed by atoms with Crippen LogP contribution in [0.2, 0.25) is 0 Å². The Hall–Kier alpha value is -1.08. The van der Waals surface area contributed by atoms with Gasteiger partial charge in [-0.25, -0.2) is 0 Å². The molecule has 0 radical (unpaired) electrons. The third-order valence-corrected chi connectivity index (χ3v) is 4.43. The first-order valence-corrected chi connectivity index (χ1v) is 6.80. The second kappa shape index (κ2) is 4.55. The van der Waals surface area contributed by atoms with Crippen molar-refractivity contribution in [1.29, 1.82) is 5.26 Å². The number of nitriles is 1. The molecule has 0 atom stereocenters. The molecule has 0 bridgehead atoms. The minimum atomic E-state index is -0.816. The number of nitrogens with zero attached hydrogens (tertiary/aromatic N) is 2. The van der Waals surface area contributed by atoms with Gasteiger partial charge in [-0.05, 0) is 31.6 Å². The normalized spacial score (nSPS) is 33.6. The zero-order valence-electron chi connectivity index (χ0n) is 11.3. The van der Waals surface area contributed by atoms with Gasteiger partial charge < -0.3 is 10.0 Å². The van der Waals surface area contributed by atoms with Gasteiger partial charge in [-0.3, -0.25) is 4.79 Å². The summed E-state index contributed by atoms with van der Waals surface area (Å²) >= 11 is 0. The van der Waals surface area contributed by atoms with Gasteiger partial charge in [-0.15, -0.1) is 0 Å². The van der Waals surface area contributed by atoms with E-state index in [9.17, 15) is 15.2 Å². The molecule has 0 unspecified atom stereocenters. The summed E-state index contributed by atoms with van der Waals surface area (Å²) in [6, 6.07) is 2.19. The molecule has 0 aliphatic heterocycles. The van der Waals surface area contributed by atoms with Gasteiger partial charge in [0, 0.05) is 13.6 Å². The fraction of sp³-hybridized carbons (Fsp3) is 0.857. The minimum absolute atomic E-state index is 0.108. The van der Waals surface area contributed by atoms with E-state index < -0.39 is 11.0 Å². The third kappa shape index (κ3) is 2.24. The van der Waals surface area contributed by atoms with Crippen LogP contribution in [0.15, 0.2) is 0 Å². The molecule has 100 valence electrons. The molecule has 18 heavy (non-hydrogen) atoms. The van der Waals surface area contributed by atoms with Crippen LogP contribution < -0.4 is 0 Å². The largest absolute Gasteiger partial charge is 0.388 e. The number of rotatable bonds is 3. The van der Waals surface area contributed by atoms with Crippen molar-refractivity contribution in [2.45, 2.75) is 51.0 Å². The van der Waals surface area contributed by atoms with Crippen LogP contribution in [0.1, 0.15) is 45.4 Å². The van der Waals surface area contributed by atoms with Gasteiger partial charge in [0.25, 0.3) is 0 Å². The lowest BCUT2D eigenvalue weighted by Crippen LogP contribution is -2.52. The summed E-state index contributed by atoms with van der Waals surface area (Å²) in [5, 5.41) is 19.6. The maximum absolute atomic E-state index is 12.3. The van der Waals surface area contributed by atoms with Crippen molar-refractivity contribution in [3.8, 4) is 6.07 Å². The van der Waals surface area contributed by atoms with E-state index in [1.165, 1.54) is 0 Å². The number of hydrogen-bond acceptors (Lipinski definition) is 3. The first-order valence-electron chi connectivity index (χ1n) is 6.80. The Kier molecular flexibility index (Phi) is 3.37. The third-order valence-electron chi connectivity index (χ3n) is 4.43. The van der Waals surface area contributed by atoms with Gasteiger partial charge in [-0.1, -0.05) is 19.8 Å². The van der Waals surface area contributed by atoms with Crippen molar-refractivity contribution in [2.75, 3.05) is 13.6 Å². The molecule has 1 amide bonds. The van der Waals surface area contributed by atoms with Gasteiger partial charge >= 0.3 is 0 Å². The van der Waals surface area contributed by atoms with E-state index in [0.29, 0.717) is 25.3 Å². The number of amides is 1. The predicted molar refractivity (Wildman–Crippen MR) is 67.5 cm³/mol. The van der Waals surface area contributed by atoms with Crippen LogP contribution in [0.5, 0.6) is 0 Å². The van der Waals surface area contributed by atoms with Gasteiger partial charge in [0.15, 0.2) is 0 Å². The molecule has 2 saturated carbocycles. The van der Waals surface area contributed by atoms with Crippen LogP contribution in [0.4, 0.5) is 0 Å². The fourth-order valence-corrected chi connectivity index (χ4v) is 3.51. The lowest BCUT2D eigenvalue weighted by molar-refractivity contribution is -0.147. The van der Waals surface area contributed by atoms with Crippen LogP contribution in [-0.4, -0.2) is 35.1 Å². The Morgan fingerprint density at radius 1 is 1.44 bits per heavy atom. The maximum Gasteiger partial charge on any atom is 0.242 e. The molecule has 0 heterocycles. The summed E-state index contributed by atoms with van der Waals surface area (Å²) in [7, 11) is 1.71. The number of carbonyl (C=O) groups is 1. The molecule has 0 aromatic carbocycles. The highest BCUT2D eigenvalue weighted by atomic mass is 16.3. The fourth-order valence-electron chi connectivity index (χ4n) is 3.51. The molecule has 2 fully saturated rings. The monoisotopic (exact) mass is 250 g/mol. The Labute approximate surface area is 109 Å². The van der Waals surface area contributed by atoms with E-state index >= 15 is 0 Å². The molecule has 2 aliphatic rings. The number of hydrogen-bond donors (Lipinski definition) is 1. The first kappa shape index (κ1) is 13.4. The summed E-state index contributed by atoms with van der Waals surface area (Å²) < 4.78 is 0. The molecule has 0 aromatic rings. The van der Waals surface area contributed by atoms with E-state index in [1.807, 2.05) is 0 Å². The Bertz CT molecular complexity index is 374. The highest BCUT2D eigenvalue weighted by Gasteiger charge is 2.51. The van der Waals surface area contributed by atoms with Crippen molar-refractivity contribution >= 4 is 5.91 Å². The van der Waals surface area contributed by atoms with Crippen LogP contribution >= 0.6 is 0 Å². The van der Waals surface area contributed by atoms with E-state index in [2.05, 4.69) is 13.0 Å². The van der Waals surface area contributed by atoms with Crippen LogP contribution in [-0.2, 0) is 4.79 Å². The van der Waals surface area contributed by atoms with Crippen molar-refractivity contribution in [1.82, 2.24) is 4.90 Å². The maximum atomic E-state index is 12.3. The number of carbonyl (C=O) groups excluding carboxylic acids is 1. The summed E-state index contributed by atoms with van der Waals surface area (Å²) in [6.07, 6.45) is 4.90. The van der Waals surface area contributed by atoms with Crippen molar-refractivity contribution < 1.29 is 9.90 Å². The minimum Gasteiger partial charge on any atom is -0.388 e. The Morgan fingerprint density at radius 3 is 2.44 bits per heavy atom. The van der Waals surface area contributed by atoms with Crippen LogP contribution in [0.25, 0.3) is 0 Å². The highest BCUT2D eigenvalue weighted by molar-refractivity contribution is 5.86. The van der Waals surface area contributed by atoms with E-state index in [1.54, 1.807) is 11.9 Å². The summed E-state index contributed by atoms with van der Waals surface area (Å²) in [5.74, 6) is 0.347. The quantitative estimate of drug-likeness (QED) is 0.829. The number of aliphatic hydroxyl groups is 1. The molecule has 1 N–H and O–H groups in total. The Morgan fingerprint density at radius 2 is 2.00 bits per heavy atom. The molecular weight excluding hydrogens is 228 g/mol. The Balaban J connectivity index is 1.99. The molecule has 0 saturated heterocycles. The van der Waals surface area contributed by atoms with Crippen LogP contribution in [0.3, 0.4) is 0 Å². The molecule has 0 aromatic heterocycles. The summed E-state index contributed by atoms with van der Waals surface area (Å²) in [6.45, 7) is 2.43.